The Bertz CT molecular complexity index is 1100. The van der Waals surface area contributed by atoms with Gasteiger partial charge in [-0.15, -0.1) is 0 Å². The second-order valence-electron chi connectivity index (χ2n) is 6.43. The largest absolute Gasteiger partial charge is 0.342 e. The van der Waals surface area contributed by atoms with Crippen molar-refractivity contribution in [3.05, 3.63) is 68.8 Å². The van der Waals surface area contributed by atoms with Gasteiger partial charge in [-0.05, 0) is 43.0 Å². The summed E-state index contributed by atoms with van der Waals surface area (Å²) >= 11 is 0. The Hall–Kier alpha value is -3.29. The average molecular weight is 351 g/mol. The van der Waals surface area contributed by atoms with E-state index in [0.717, 1.165) is 18.5 Å². The summed E-state index contributed by atoms with van der Waals surface area (Å²) in [6, 6.07) is 8.42. The molecule has 4 rings (SSSR count). The van der Waals surface area contributed by atoms with Crippen molar-refractivity contribution in [2.75, 3.05) is 0 Å². The standard InChI is InChI=1S/C18H17N5O3/c1-23-15-11(16(24)22-18(23)26)7-8-13(20-15)17(25)21-14(10-5-6-10)12-4-2-3-9-19-12/h2-4,7-10,14H,5-6H2,1H3,(H,21,25)(H,22,24,26). The maximum absolute atomic E-state index is 12.7. The van der Waals surface area contributed by atoms with E-state index in [2.05, 4.69) is 20.3 Å². The molecule has 1 fully saturated rings. The number of rotatable bonds is 4. The van der Waals surface area contributed by atoms with Crippen molar-refractivity contribution in [1.82, 2.24) is 24.8 Å². The van der Waals surface area contributed by atoms with Gasteiger partial charge in [0.1, 0.15) is 11.3 Å². The van der Waals surface area contributed by atoms with Crippen LogP contribution in [0.4, 0.5) is 0 Å². The van der Waals surface area contributed by atoms with Gasteiger partial charge in [-0.25, -0.2) is 9.78 Å². The molecule has 3 aromatic heterocycles. The summed E-state index contributed by atoms with van der Waals surface area (Å²) < 4.78 is 1.21. The molecule has 8 heteroatoms. The molecule has 0 saturated heterocycles. The fourth-order valence-electron chi connectivity index (χ4n) is 2.99. The Morgan fingerprint density at radius 3 is 2.77 bits per heavy atom. The number of hydrogen-bond acceptors (Lipinski definition) is 5. The highest BCUT2D eigenvalue weighted by molar-refractivity contribution is 5.94. The van der Waals surface area contributed by atoms with E-state index < -0.39 is 11.2 Å². The lowest BCUT2D eigenvalue weighted by molar-refractivity contribution is 0.0926. The number of carbonyl (C=O) groups is 1. The molecule has 3 aromatic rings. The first kappa shape index (κ1) is 16.2. The Kier molecular flexibility index (Phi) is 3.87. The normalized spacial score (nSPS) is 15.0. The molecular weight excluding hydrogens is 334 g/mol. The summed E-state index contributed by atoms with van der Waals surface area (Å²) in [6.07, 6.45) is 3.78. The van der Waals surface area contributed by atoms with E-state index in [1.165, 1.54) is 23.7 Å². The summed E-state index contributed by atoms with van der Waals surface area (Å²) in [5.74, 6) is 0.00342. The summed E-state index contributed by atoms with van der Waals surface area (Å²) in [4.78, 5) is 47.1. The highest BCUT2D eigenvalue weighted by atomic mass is 16.2. The van der Waals surface area contributed by atoms with Crippen molar-refractivity contribution >= 4 is 16.9 Å². The highest BCUT2D eigenvalue weighted by Crippen LogP contribution is 2.40. The number of aryl methyl sites for hydroxylation is 1. The number of pyridine rings is 2. The third kappa shape index (κ3) is 2.90. The van der Waals surface area contributed by atoms with Crippen LogP contribution in [-0.2, 0) is 7.05 Å². The molecule has 1 aliphatic carbocycles. The van der Waals surface area contributed by atoms with Crippen molar-refractivity contribution < 1.29 is 4.79 Å². The predicted octanol–water partition coefficient (Wildman–Crippen LogP) is 0.898. The molecule has 0 bridgehead atoms. The summed E-state index contributed by atoms with van der Waals surface area (Å²) in [5.41, 5.74) is 0.0451. The van der Waals surface area contributed by atoms with E-state index >= 15 is 0 Å². The van der Waals surface area contributed by atoms with Crippen LogP contribution in [0.15, 0.2) is 46.1 Å². The maximum atomic E-state index is 12.7. The monoisotopic (exact) mass is 351 g/mol. The molecule has 132 valence electrons. The number of H-pyrrole nitrogens is 1. The third-order valence-electron chi connectivity index (χ3n) is 4.58. The molecule has 1 amide bonds. The Labute approximate surface area is 147 Å². The molecule has 1 aliphatic rings. The molecular formula is C18H17N5O3. The first-order valence-corrected chi connectivity index (χ1v) is 8.36. The number of hydrogen-bond donors (Lipinski definition) is 2. The number of fused-ring (bicyclic) bond motifs is 1. The number of aromatic nitrogens is 4. The van der Waals surface area contributed by atoms with Crippen molar-refractivity contribution in [3.63, 3.8) is 0 Å². The number of aromatic amines is 1. The van der Waals surface area contributed by atoms with E-state index in [4.69, 9.17) is 0 Å². The smallest absolute Gasteiger partial charge is 0.329 e. The van der Waals surface area contributed by atoms with E-state index in [9.17, 15) is 14.4 Å². The van der Waals surface area contributed by atoms with Crippen LogP contribution in [0.3, 0.4) is 0 Å². The average Bonchev–Trinajstić information content (AvgIpc) is 3.49. The van der Waals surface area contributed by atoms with Crippen LogP contribution in [0.25, 0.3) is 11.0 Å². The molecule has 8 nitrogen and oxygen atoms in total. The van der Waals surface area contributed by atoms with Crippen LogP contribution in [-0.4, -0.2) is 25.4 Å². The first-order valence-electron chi connectivity index (χ1n) is 8.36. The lowest BCUT2D eigenvalue weighted by atomic mass is 10.1. The molecule has 1 saturated carbocycles. The van der Waals surface area contributed by atoms with Crippen molar-refractivity contribution in [1.29, 1.82) is 0 Å². The van der Waals surface area contributed by atoms with Gasteiger partial charge in [-0.1, -0.05) is 6.07 Å². The molecule has 1 atom stereocenters. The minimum atomic E-state index is -0.572. The second kappa shape index (κ2) is 6.21. The van der Waals surface area contributed by atoms with E-state index in [0.29, 0.717) is 5.92 Å². The SMILES string of the molecule is Cn1c(=O)[nH]c(=O)c2ccc(C(=O)NC(c3ccccn3)C3CC3)nc21. The van der Waals surface area contributed by atoms with Crippen molar-refractivity contribution in [2.24, 2.45) is 13.0 Å². The molecule has 3 heterocycles. The predicted molar refractivity (Wildman–Crippen MR) is 94.8 cm³/mol. The van der Waals surface area contributed by atoms with Gasteiger partial charge < -0.3 is 5.32 Å². The van der Waals surface area contributed by atoms with Gasteiger partial charge in [0.25, 0.3) is 11.5 Å². The number of amides is 1. The lowest BCUT2D eigenvalue weighted by Gasteiger charge is -2.17. The van der Waals surface area contributed by atoms with Crippen LogP contribution in [0.1, 0.15) is 35.1 Å². The van der Waals surface area contributed by atoms with Gasteiger partial charge in [-0.2, -0.15) is 0 Å². The molecule has 0 aromatic carbocycles. The van der Waals surface area contributed by atoms with Gasteiger partial charge in [-0.3, -0.25) is 24.1 Å². The minimum absolute atomic E-state index is 0.152. The molecule has 0 radical (unpaired) electrons. The number of nitrogens with one attached hydrogen (secondary N) is 2. The van der Waals surface area contributed by atoms with Crippen LogP contribution in [0.2, 0.25) is 0 Å². The summed E-state index contributed by atoms with van der Waals surface area (Å²) in [7, 11) is 1.50. The summed E-state index contributed by atoms with van der Waals surface area (Å²) in [6.45, 7) is 0. The van der Waals surface area contributed by atoms with E-state index in [1.807, 2.05) is 18.2 Å². The molecule has 0 aliphatic heterocycles. The fourth-order valence-corrected chi connectivity index (χ4v) is 2.99. The van der Waals surface area contributed by atoms with E-state index in [-0.39, 0.29) is 28.7 Å². The zero-order chi connectivity index (χ0) is 18.3. The van der Waals surface area contributed by atoms with Crippen molar-refractivity contribution in [3.8, 4) is 0 Å². The number of nitrogens with zero attached hydrogens (tertiary/aromatic N) is 3. The molecule has 26 heavy (non-hydrogen) atoms. The fraction of sp³-hybridized carbons (Fsp3) is 0.278. The zero-order valence-electron chi connectivity index (χ0n) is 14.1. The first-order chi connectivity index (χ1) is 12.5. The minimum Gasteiger partial charge on any atom is -0.342 e. The van der Waals surface area contributed by atoms with Gasteiger partial charge in [0.05, 0.1) is 17.1 Å². The topological polar surface area (TPSA) is 110 Å². The molecule has 2 N–H and O–H groups in total. The highest BCUT2D eigenvalue weighted by Gasteiger charge is 2.34. The van der Waals surface area contributed by atoms with Crippen molar-refractivity contribution in [2.45, 2.75) is 18.9 Å². The van der Waals surface area contributed by atoms with Crippen LogP contribution in [0, 0.1) is 5.92 Å². The zero-order valence-corrected chi connectivity index (χ0v) is 14.1. The van der Waals surface area contributed by atoms with Gasteiger partial charge >= 0.3 is 5.69 Å². The van der Waals surface area contributed by atoms with Crippen LogP contribution in [0.5, 0.6) is 0 Å². The Balaban J connectivity index is 1.69. The van der Waals surface area contributed by atoms with Gasteiger partial charge in [0, 0.05) is 13.2 Å². The quantitative estimate of drug-likeness (QED) is 0.726. The number of carbonyl (C=O) groups excluding carboxylic acids is 1. The summed E-state index contributed by atoms with van der Waals surface area (Å²) in [5, 5.41) is 3.24. The van der Waals surface area contributed by atoms with Crippen LogP contribution < -0.4 is 16.6 Å². The molecule has 1 unspecified atom stereocenters. The third-order valence-corrected chi connectivity index (χ3v) is 4.58. The molecule has 0 spiro atoms. The van der Waals surface area contributed by atoms with Crippen LogP contribution >= 0.6 is 0 Å². The van der Waals surface area contributed by atoms with Gasteiger partial charge in [0.2, 0.25) is 0 Å². The Morgan fingerprint density at radius 2 is 2.08 bits per heavy atom. The Morgan fingerprint density at radius 1 is 1.27 bits per heavy atom. The van der Waals surface area contributed by atoms with Gasteiger partial charge in [0.15, 0.2) is 0 Å². The van der Waals surface area contributed by atoms with E-state index in [1.54, 1.807) is 6.20 Å². The second-order valence-corrected chi connectivity index (χ2v) is 6.43. The maximum Gasteiger partial charge on any atom is 0.329 e. The lowest BCUT2D eigenvalue weighted by Crippen LogP contribution is -2.32.